The summed E-state index contributed by atoms with van der Waals surface area (Å²) in [7, 11) is 1.70. The molecule has 0 aliphatic carbocycles. The van der Waals surface area contributed by atoms with E-state index < -0.39 is 12.4 Å². The summed E-state index contributed by atoms with van der Waals surface area (Å²) in [5, 5.41) is 4.39. The Balaban J connectivity index is 2.63. The number of hydrogen-bond donors (Lipinski definition) is 0. The molecule has 0 spiro atoms. The first kappa shape index (κ1) is 9.11. The van der Waals surface area contributed by atoms with E-state index in [1.807, 2.05) is 0 Å². The molecule has 0 amide bonds. The van der Waals surface area contributed by atoms with E-state index in [1.165, 1.54) is 12.3 Å². The number of aromatic nitrogens is 2. The van der Waals surface area contributed by atoms with E-state index in [0.717, 1.165) is 12.1 Å². The highest BCUT2D eigenvalue weighted by Crippen LogP contribution is 2.15. The molecule has 0 N–H and O–H groups in total. The topological polar surface area (TPSA) is 17.8 Å². The van der Waals surface area contributed by atoms with E-state index in [9.17, 15) is 12.9 Å². The fraction of sp³-hybridized carbons (Fsp3) is 0.125. The number of rotatable bonds is 1. The SMILES string of the molecule is Cn1ncc2cc([B-](F)(F)F)ccc21. The monoisotopic (exact) mass is 199 g/mol. The van der Waals surface area contributed by atoms with Gasteiger partial charge in [0.1, 0.15) is 0 Å². The van der Waals surface area contributed by atoms with Crippen molar-refractivity contribution < 1.29 is 12.9 Å². The summed E-state index contributed by atoms with van der Waals surface area (Å²) in [5.41, 5.74) is 0.124. The highest BCUT2D eigenvalue weighted by Gasteiger charge is 2.25. The van der Waals surface area contributed by atoms with Crippen molar-refractivity contribution in [2.75, 3.05) is 0 Å². The van der Waals surface area contributed by atoms with Gasteiger partial charge in [-0.05, 0) is 6.07 Å². The van der Waals surface area contributed by atoms with Crippen LogP contribution in [0.4, 0.5) is 12.9 Å². The summed E-state index contributed by atoms with van der Waals surface area (Å²) in [6.45, 7) is -4.91. The summed E-state index contributed by atoms with van der Waals surface area (Å²) in [6, 6.07) is 3.65. The highest BCUT2D eigenvalue weighted by atomic mass is 19.4. The summed E-state index contributed by atoms with van der Waals surface area (Å²) in [5.74, 6) is 0. The molecule has 0 saturated heterocycles. The van der Waals surface area contributed by atoms with Gasteiger partial charge in [0.2, 0.25) is 0 Å². The maximum absolute atomic E-state index is 12.4. The van der Waals surface area contributed by atoms with E-state index in [1.54, 1.807) is 11.7 Å². The third-order valence-corrected chi connectivity index (χ3v) is 2.15. The minimum absolute atomic E-state index is 0.518. The molecule has 0 aliphatic rings. The van der Waals surface area contributed by atoms with Gasteiger partial charge in [0.05, 0.1) is 11.7 Å². The number of hydrogen-bond acceptors (Lipinski definition) is 1. The Hall–Kier alpha value is -1.46. The molecule has 0 radical (unpaired) electrons. The maximum atomic E-state index is 12.4. The largest absolute Gasteiger partial charge is 0.509 e. The van der Waals surface area contributed by atoms with Crippen molar-refractivity contribution in [2.45, 2.75) is 0 Å². The maximum Gasteiger partial charge on any atom is 0.509 e. The van der Waals surface area contributed by atoms with Crippen LogP contribution in [0.25, 0.3) is 10.9 Å². The second-order valence-corrected chi connectivity index (χ2v) is 3.16. The molecule has 14 heavy (non-hydrogen) atoms. The zero-order chi connectivity index (χ0) is 10.3. The molecule has 2 aromatic rings. The molecule has 2 nitrogen and oxygen atoms in total. The van der Waals surface area contributed by atoms with Crippen molar-refractivity contribution in [3.05, 3.63) is 24.4 Å². The van der Waals surface area contributed by atoms with Gasteiger partial charge >= 0.3 is 6.98 Å². The van der Waals surface area contributed by atoms with Gasteiger partial charge in [-0.15, -0.1) is 5.46 Å². The molecule has 0 atom stereocenters. The van der Waals surface area contributed by atoms with Crippen molar-refractivity contribution in [1.82, 2.24) is 9.78 Å². The standard InChI is InChI=1S/C8H7BF3N2/c1-14-8-3-2-7(9(10,11)12)4-6(8)5-13-14/h2-5H,1H3/q-1. The molecule has 0 fully saturated rings. The Labute approximate surface area is 78.4 Å². The summed E-state index contributed by atoms with van der Waals surface area (Å²) in [4.78, 5) is 0. The van der Waals surface area contributed by atoms with Crippen LogP contribution in [-0.4, -0.2) is 16.8 Å². The zero-order valence-electron chi connectivity index (χ0n) is 7.42. The molecule has 0 saturated carbocycles. The van der Waals surface area contributed by atoms with Crippen LogP contribution < -0.4 is 5.46 Å². The Kier molecular flexibility index (Phi) is 1.80. The molecule has 0 aliphatic heterocycles. The third-order valence-electron chi connectivity index (χ3n) is 2.15. The van der Waals surface area contributed by atoms with Crippen LogP contribution in [0.1, 0.15) is 0 Å². The summed E-state index contributed by atoms with van der Waals surface area (Å²) < 4.78 is 38.6. The second kappa shape index (κ2) is 2.77. The number of halogens is 3. The van der Waals surface area contributed by atoms with Crippen LogP contribution >= 0.6 is 0 Å². The molecule has 0 unspecified atom stereocenters. The molecular weight excluding hydrogens is 192 g/mol. The van der Waals surface area contributed by atoms with Crippen LogP contribution in [0.2, 0.25) is 0 Å². The second-order valence-electron chi connectivity index (χ2n) is 3.16. The molecule has 1 aromatic heterocycles. The van der Waals surface area contributed by atoms with Crippen molar-refractivity contribution in [3.63, 3.8) is 0 Å². The van der Waals surface area contributed by atoms with Crippen molar-refractivity contribution >= 4 is 23.3 Å². The average molecular weight is 199 g/mol. The van der Waals surface area contributed by atoms with Gasteiger partial charge in [-0.1, -0.05) is 12.1 Å². The minimum atomic E-state index is -4.91. The predicted octanol–water partition coefficient (Wildman–Crippen LogP) is 1.63. The third kappa shape index (κ3) is 1.36. The molecule has 2 rings (SSSR count). The van der Waals surface area contributed by atoms with E-state index in [0.29, 0.717) is 10.9 Å². The predicted molar refractivity (Wildman–Crippen MR) is 49.4 cm³/mol. The van der Waals surface area contributed by atoms with Gasteiger partial charge in [-0.2, -0.15) is 5.10 Å². The van der Waals surface area contributed by atoms with E-state index in [2.05, 4.69) is 5.10 Å². The number of fused-ring (bicyclic) bond motifs is 1. The normalized spacial score (nSPS) is 12.3. The molecule has 0 bridgehead atoms. The van der Waals surface area contributed by atoms with E-state index in [4.69, 9.17) is 0 Å². The Morgan fingerprint density at radius 1 is 1.29 bits per heavy atom. The van der Waals surface area contributed by atoms with Crippen LogP contribution in [0.15, 0.2) is 24.4 Å². The number of nitrogens with zero attached hydrogens (tertiary/aromatic N) is 2. The van der Waals surface area contributed by atoms with Gasteiger partial charge in [0.15, 0.2) is 0 Å². The molecule has 1 heterocycles. The van der Waals surface area contributed by atoms with Gasteiger partial charge in [-0.25, -0.2) is 0 Å². The Bertz CT molecular complexity index is 475. The summed E-state index contributed by atoms with van der Waals surface area (Å²) in [6.07, 6.45) is 1.43. The quantitative estimate of drug-likeness (QED) is 0.638. The lowest BCUT2D eigenvalue weighted by Gasteiger charge is -2.14. The average Bonchev–Trinajstić information content (AvgIpc) is 2.46. The van der Waals surface area contributed by atoms with Crippen molar-refractivity contribution in [3.8, 4) is 0 Å². The van der Waals surface area contributed by atoms with Crippen molar-refractivity contribution in [2.24, 2.45) is 7.05 Å². The van der Waals surface area contributed by atoms with E-state index >= 15 is 0 Å². The van der Waals surface area contributed by atoms with Crippen LogP contribution in [0.3, 0.4) is 0 Å². The summed E-state index contributed by atoms with van der Waals surface area (Å²) >= 11 is 0. The fourth-order valence-corrected chi connectivity index (χ4v) is 1.39. The minimum Gasteiger partial charge on any atom is -0.445 e. The first-order valence-corrected chi connectivity index (χ1v) is 4.10. The molecule has 74 valence electrons. The van der Waals surface area contributed by atoms with Crippen LogP contribution in [-0.2, 0) is 7.05 Å². The van der Waals surface area contributed by atoms with Gasteiger partial charge in [0.25, 0.3) is 0 Å². The lowest BCUT2D eigenvalue weighted by atomic mass is 9.80. The number of benzene rings is 1. The smallest absolute Gasteiger partial charge is 0.445 e. The Morgan fingerprint density at radius 3 is 2.64 bits per heavy atom. The Morgan fingerprint density at radius 2 is 2.00 bits per heavy atom. The van der Waals surface area contributed by atoms with Crippen LogP contribution in [0.5, 0.6) is 0 Å². The molecule has 6 heteroatoms. The van der Waals surface area contributed by atoms with Crippen molar-refractivity contribution in [1.29, 1.82) is 0 Å². The number of aryl methyl sites for hydroxylation is 1. The van der Waals surface area contributed by atoms with Gasteiger partial charge < -0.3 is 12.9 Å². The lowest BCUT2D eigenvalue weighted by molar-refractivity contribution is 0.501. The fourth-order valence-electron chi connectivity index (χ4n) is 1.39. The zero-order valence-corrected chi connectivity index (χ0v) is 7.42. The van der Waals surface area contributed by atoms with E-state index in [-0.39, 0.29) is 0 Å². The first-order valence-electron chi connectivity index (χ1n) is 4.10. The molecular formula is C8H7BF3N2-. The molecule has 1 aromatic carbocycles. The highest BCUT2D eigenvalue weighted by molar-refractivity contribution is 6.73. The van der Waals surface area contributed by atoms with Crippen LogP contribution in [0, 0.1) is 0 Å². The van der Waals surface area contributed by atoms with Gasteiger partial charge in [0, 0.05) is 12.4 Å². The first-order chi connectivity index (χ1) is 6.48. The lowest BCUT2D eigenvalue weighted by Crippen LogP contribution is -2.33. The van der Waals surface area contributed by atoms with Gasteiger partial charge in [-0.3, -0.25) is 4.68 Å².